The van der Waals surface area contributed by atoms with Crippen LogP contribution in [0.2, 0.25) is 0 Å². The normalized spacial score (nSPS) is 10.3. The van der Waals surface area contributed by atoms with E-state index in [0.29, 0.717) is 18.2 Å². The highest BCUT2D eigenvalue weighted by Gasteiger charge is 2.23. The maximum atomic E-state index is 11.8. The van der Waals surface area contributed by atoms with E-state index in [2.05, 4.69) is 31.3 Å². The molecule has 7 nitrogen and oxygen atoms in total. The number of hydrogen-bond donors (Lipinski definition) is 2. The average Bonchev–Trinajstić information content (AvgIpc) is 2.76. The van der Waals surface area contributed by atoms with E-state index < -0.39 is 5.97 Å². The molecular weight excluding hydrogens is 326 g/mol. The third-order valence-corrected chi connectivity index (χ3v) is 3.05. The molecule has 0 amide bonds. The summed E-state index contributed by atoms with van der Waals surface area (Å²) in [6.07, 6.45) is 1.63. The van der Waals surface area contributed by atoms with Crippen molar-refractivity contribution < 1.29 is 9.53 Å². The minimum absolute atomic E-state index is 0.183. The lowest BCUT2D eigenvalue weighted by molar-refractivity contribution is 0.0603. The smallest absolute Gasteiger partial charge is 0.345 e. The van der Waals surface area contributed by atoms with Gasteiger partial charge < -0.3 is 15.8 Å². The van der Waals surface area contributed by atoms with E-state index in [0.717, 1.165) is 4.47 Å². The number of hydrogen-bond acceptors (Lipinski definition) is 6. The first-order chi connectivity index (χ1) is 9.58. The molecule has 2 aromatic rings. The van der Waals surface area contributed by atoms with Gasteiger partial charge in [-0.1, -0.05) is 0 Å². The molecule has 106 valence electrons. The van der Waals surface area contributed by atoms with Crippen molar-refractivity contribution in [2.45, 2.75) is 6.92 Å². The Kier molecular flexibility index (Phi) is 4.23. The van der Waals surface area contributed by atoms with Crippen LogP contribution in [-0.4, -0.2) is 34.4 Å². The fraction of sp³-hybridized carbons (Fsp3) is 0.250. The van der Waals surface area contributed by atoms with Gasteiger partial charge in [-0.05, 0) is 35.0 Å². The Labute approximate surface area is 124 Å². The predicted octanol–water partition coefficient (Wildman–Crippen LogP) is 1.83. The van der Waals surface area contributed by atoms with Crippen molar-refractivity contribution >= 4 is 33.5 Å². The number of nitrogen functional groups attached to an aromatic ring is 1. The molecule has 2 heterocycles. The molecule has 2 rings (SSSR count). The van der Waals surface area contributed by atoms with E-state index in [1.165, 1.54) is 11.8 Å². The SMILES string of the molecule is CCNc1nn(-c2ccc(Br)cn2)c(N)c1C(=O)OC. The van der Waals surface area contributed by atoms with Crippen molar-refractivity contribution in [1.82, 2.24) is 14.8 Å². The second kappa shape index (κ2) is 5.91. The summed E-state index contributed by atoms with van der Waals surface area (Å²) in [5.74, 6) is 0.533. The van der Waals surface area contributed by atoms with Crippen LogP contribution in [0.5, 0.6) is 0 Å². The number of halogens is 1. The summed E-state index contributed by atoms with van der Waals surface area (Å²) in [6.45, 7) is 2.50. The highest BCUT2D eigenvalue weighted by Crippen LogP contribution is 2.25. The van der Waals surface area contributed by atoms with Crippen LogP contribution in [0.25, 0.3) is 5.82 Å². The quantitative estimate of drug-likeness (QED) is 0.825. The Bertz CT molecular complexity index is 624. The molecule has 0 atom stereocenters. The number of esters is 1. The van der Waals surface area contributed by atoms with Crippen molar-refractivity contribution in [1.29, 1.82) is 0 Å². The van der Waals surface area contributed by atoms with Gasteiger partial charge in [0.25, 0.3) is 0 Å². The summed E-state index contributed by atoms with van der Waals surface area (Å²) < 4.78 is 6.97. The van der Waals surface area contributed by atoms with Crippen molar-refractivity contribution in [3.8, 4) is 5.82 Å². The topological polar surface area (TPSA) is 95.1 Å². The van der Waals surface area contributed by atoms with Crippen molar-refractivity contribution in [3.63, 3.8) is 0 Å². The molecule has 0 unspecified atom stereocenters. The zero-order chi connectivity index (χ0) is 14.7. The van der Waals surface area contributed by atoms with Crippen LogP contribution in [0.1, 0.15) is 17.3 Å². The van der Waals surface area contributed by atoms with Crippen molar-refractivity contribution in [3.05, 3.63) is 28.4 Å². The lowest BCUT2D eigenvalue weighted by Gasteiger charge is -2.03. The minimum atomic E-state index is -0.540. The maximum Gasteiger partial charge on any atom is 0.345 e. The molecule has 20 heavy (non-hydrogen) atoms. The number of anilines is 2. The molecule has 0 aliphatic heterocycles. The third kappa shape index (κ3) is 2.60. The second-order valence-corrected chi connectivity index (χ2v) is 4.79. The molecule has 2 aromatic heterocycles. The van der Waals surface area contributed by atoms with Gasteiger partial charge in [-0.25, -0.2) is 9.78 Å². The number of nitrogens with one attached hydrogen (secondary N) is 1. The molecule has 0 saturated carbocycles. The zero-order valence-corrected chi connectivity index (χ0v) is 12.6. The number of aromatic nitrogens is 3. The number of nitrogens with zero attached hydrogens (tertiary/aromatic N) is 3. The number of pyridine rings is 1. The summed E-state index contributed by atoms with van der Waals surface area (Å²) in [5, 5.41) is 7.25. The lowest BCUT2D eigenvalue weighted by Crippen LogP contribution is -2.09. The van der Waals surface area contributed by atoms with E-state index in [-0.39, 0.29) is 11.4 Å². The van der Waals surface area contributed by atoms with Crippen LogP contribution < -0.4 is 11.1 Å². The average molecular weight is 340 g/mol. The van der Waals surface area contributed by atoms with E-state index >= 15 is 0 Å². The molecule has 0 aliphatic carbocycles. The van der Waals surface area contributed by atoms with Crippen LogP contribution in [0, 0.1) is 0 Å². The van der Waals surface area contributed by atoms with Gasteiger partial charge in [0, 0.05) is 17.2 Å². The molecule has 0 saturated heterocycles. The monoisotopic (exact) mass is 339 g/mol. The molecule has 0 radical (unpaired) electrons. The Hall–Kier alpha value is -2.09. The zero-order valence-electron chi connectivity index (χ0n) is 11.1. The standard InChI is InChI=1S/C12H14BrN5O2/c1-3-15-11-9(12(19)20-2)10(14)18(17-11)8-5-4-7(13)6-16-8/h4-6H,3,14H2,1-2H3,(H,15,17). The van der Waals surface area contributed by atoms with E-state index in [4.69, 9.17) is 10.5 Å². The number of carbonyl (C=O) groups is 1. The van der Waals surface area contributed by atoms with Gasteiger partial charge in [-0.3, -0.25) is 0 Å². The summed E-state index contributed by atoms with van der Waals surface area (Å²) in [6, 6.07) is 3.55. The first-order valence-corrected chi connectivity index (χ1v) is 6.70. The Morgan fingerprint density at radius 1 is 1.55 bits per heavy atom. The highest BCUT2D eigenvalue weighted by atomic mass is 79.9. The largest absolute Gasteiger partial charge is 0.465 e. The van der Waals surface area contributed by atoms with Gasteiger partial charge in [0.15, 0.2) is 11.6 Å². The third-order valence-electron chi connectivity index (χ3n) is 2.58. The van der Waals surface area contributed by atoms with Crippen molar-refractivity contribution in [2.24, 2.45) is 0 Å². The summed E-state index contributed by atoms with van der Waals surface area (Å²) >= 11 is 3.31. The van der Waals surface area contributed by atoms with Gasteiger partial charge in [0.2, 0.25) is 0 Å². The van der Waals surface area contributed by atoms with Crippen LogP contribution in [0.4, 0.5) is 11.6 Å². The second-order valence-electron chi connectivity index (χ2n) is 3.88. The van der Waals surface area contributed by atoms with E-state index in [1.54, 1.807) is 12.3 Å². The molecular formula is C12H14BrN5O2. The van der Waals surface area contributed by atoms with Crippen LogP contribution >= 0.6 is 15.9 Å². The molecule has 8 heteroatoms. The molecule has 0 spiro atoms. The Balaban J connectivity index is 2.54. The number of nitrogens with two attached hydrogens (primary N) is 1. The molecule has 0 aliphatic rings. The van der Waals surface area contributed by atoms with Gasteiger partial charge in [0.1, 0.15) is 11.4 Å². The van der Waals surface area contributed by atoms with E-state index in [1.807, 2.05) is 13.0 Å². The number of carbonyl (C=O) groups excluding carboxylic acids is 1. The Morgan fingerprint density at radius 3 is 2.85 bits per heavy atom. The first kappa shape index (κ1) is 14.3. The maximum absolute atomic E-state index is 11.8. The van der Waals surface area contributed by atoms with Crippen LogP contribution in [0.3, 0.4) is 0 Å². The molecule has 0 aromatic carbocycles. The molecule has 0 bridgehead atoms. The van der Waals surface area contributed by atoms with Crippen LogP contribution in [-0.2, 0) is 4.74 Å². The summed E-state index contributed by atoms with van der Waals surface area (Å²) in [7, 11) is 1.30. The lowest BCUT2D eigenvalue weighted by atomic mass is 10.3. The fourth-order valence-electron chi connectivity index (χ4n) is 1.69. The minimum Gasteiger partial charge on any atom is -0.465 e. The van der Waals surface area contributed by atoms with Crippen LogP contribution in [0.15, 0.2) is 22.8 Å². The fourth-order valence-corrected chi connectivity index (χ4v) is 1.93. The predicted molar refractivity (Wildman–Crippen MR) is 79.0 cm³/mol. The van der Waals surface area contributed by atoms with E-state index in [9.17, 15) is 4.79 Å². The summed E-state index contributed by atoms with van der Waals surface area (Å²) in [5.41, 5.74) is 6.20. The van der Waals surface area contributed by atoms with Gasteiger partial charge >= 0.3 is 5.97 Å². The van der Waals surface area contributed by atoms with Gasteiger partial charge in [-0.2, -0.15) is 4.68 Å². The summed E-state index contributed by atoms with van der Waals surface area (Å²) in [4.78, 5) is 16.0. The van der Waals surface area contributed by atoms with Gasteiger partial charge in [-0.15, -0.1) is 5.10 Å². The first-order valence-electron chi connectivity index (χ1n) is 5.91. The number of rotatable bonds is 4. The highest BCUT2D eigenvalue weighted by molar-refractivity contribution is 9.10. The Morgan fingerprint density at radius 2 is 2.30 bits per heavy atom. The van der Waals surface area contributed by atoms with Gasteiger partial charge in [0.05, 0.1) is 7.11 Å². The number of ether oxygens (including phenoxy) is 1. The number of methoxy groups -OCH3 is 1. The molecule has 3 N–H and O–H groups in total. The molecule has 0 fully saturated rings. The van der Waals surface area contributed by atoms with Crippen molar-refractivity contribution in [2.75, 3.05) is 24.7 Å².